The summed E-state index contributed by atoms with van der Waals surface area (Å²) in [7, 11) is 0. The number of nitro benzene ring substituents is 2. The number of nitro groups is 2. The topological polar surface area (TPSA) is 95.5 Å². The molecule has 0 aliphatic rings. The number of hydrogen-bond acceptors (Lipinski definition) is 6. The highest BCUT2D eigenvalue weighted by Crippen LogP contribution is 2.34. The van der Waals surface area contributed by atoms with Crippen LogP contribution in [0.25, 0.3) is 0 Å². The van der Waals surface area contributed by atoms with Gasteiger partial charge in [0.05, 0.1) is 22.0 Å². The largest absolute Gasteiger partial charge is 0.307 e. The molecule has 0 fully saturated rings. The van der Waals surface area contributed by atoms with E-state index in [2.05, 4.69) is 0 Å². The molecule has 0 saturated carbocycles. The summed E-state index contributed by atoms with van der Waals surface area (Å²) >= 11 is 0.868. The number of hydrogen-bond donors (Lipinski definition) is 0. The lowest BCUT2D eigenvalue weighted by atomic mass is 10.1. The van der Waals surface area contributed by atoms with Crippen LogP contribution < -0.4 is 0 Å². The van der Waals surface area contributed by atoms with Crippen molar-refractivity contribution in [1.82, 2.24) is 0 Å². The summed E-state index contributed by atoms with van der Waals surface area (Å²) in [6.07, 6.45) is -0.0835. The maximum absolute atomic E-state index is 10.9. The normalized spacial score (nSPS) is 12.4. The summed E-state index contributed by atoms with van der Waals surface area (Å²) in [4.78, 5) is 20.4. The third-order valence-corrected chi connectivity index (χ3v) is 3.50. The van der Waals surface area contributed by atoms with Crippen LogP contribution in [0.2, 0.25) is 0 Å². The molecule has 0 aliphatic carbocycles. The Morgan fingerprint density at radius 2 is 1.79 bits per heavy atom. The van der Waals surface area contributed by atoms with Crippen molar-refractivity contribution in [1.29, 1.82) is 0 Å². The minimum absolute atomic E-state index is 0.0835. The number of non-ortho nitro benzene ring substituents is 1. The van der Waals surface area contributed by atoms with Crippen molar-refractivity contribution in [2.45, 2.75) is 31.8 Å². The molecule has 0 aromatic heterocycles. The Morgan fingerprint density at radius 3 is 2.26 bits per heavy atom. The Hall–Kier alpha value is -1.67. The van der Waals surface area contributed by atoms with Crippen LogP contribution in [0, 0.1) is 26.1 Å². The quantitative estimate of drug-likeness (QED) is 0.450. The van der Waals surface area contributed by atoms with Gasteiger partial charge in [0.1, 0.15) is 4.90 Å². The van der Waals surface area contributed by atoms with Gasteiger partial charge in [-0.15, -0.1) is 0 Å². The van der Waals surface area contributed by atoms with Gasteiger partial charge in [0.15, 0.2) is 0 Å². The molecule has 104 valence electrons. The van der Waals surface area contributed by atoms with Crippen molar-refractivity contribution < 1.29 is 14.0 Å². The molecular formula is C11H14N2O5S. The van der Waals surface area contributed by atoms with Crippen LogP contribution in [0.5, 0.6) is 0 Å². The van der Waals surface area contributed by atoms with Crippen molar-refractivity contribution in [2.75, 3.05) is 0 Å². The van der Waals surface area contributed by atoms with Gasteiger partial charge < -0.3 is 4.18 Å². The molecule has 1 aromatic carbocycles. The van der Waals surface area contributed by atoms with Crippen LogP contribution in [-0.2, 0) is 4.18 Å². The molecule has 0 amide bonds. The lowest BCUT2D eigenvalue weighted by molar-refractivity contribution is -0.396. The third kappa shape index (κ3) is 4.18. The van der Waals surface area contributed by atoms with Crippen molar-refractivity contribution in [3.8, 4) is 0 Å². The Labute approximate surface area is 114 Å². The van der Waals surface area contributed by atoms with Gasteiger partial charge in [0.2, 0.25) is 0 Å². The van der Waals surface area contributed by atoms with Crippen molar-refractivity contribution >= 4 is 23.4 Å². The van der Waals surface area contributed by atoms with Crippen molar-refractivity contribution in [3.63, 3.8) is 0 Å². The zero-order chi connectivity index (χ0) is 14.6. The molecule has 0 heterocycles. The lowest BCUT2D eigenvalue weighted by Gasteiger charge is -2.14. The monoisotopic (exact) mass is 286 g/mol. The molecule has 0 bridgehead atoms. The van der Waals surface area contributed by atoms with Gasteiger partial charge in [0.25, 0.3) is 11.4 Å². The van der Waals surface area contributed by atoms with Gasteiger partial charge in [-0.1, -0.05) is 13.8 Å². The molecule has 19 heavy (non-hydrogen) atoms. The molecule has 1 atom stereocenters. The Bertz CT molecular complexity index is 492. The first-order valence-electron chi connectivity index (χ1n) is 5.59. The molecule has 0 unspecified atom stereocenters. The lowest BCUT2D eigenvalue weighted by Crippen LogP contribution is -2.11. The second kappa shape index (κ2) is 6.48. The fourth-order valence-electron chi connectivity index (χ4n) is 1.07. The Morgan fingerprint density at radius 1 is 1.16 bits per heavy atom. The van der Waals surface area contributed by atoms with Gasteiger partial charge in [-0.25, -0.2) is 0 Å². The van der Waals surface area contributed by atoms with E-state index in [1.54, 1.807) is 0 Å². The van der Waals surface area contributed by atoms with Gasteiger partial charge in [-0.3, -0.25) is 20.2 Å². The van der Waals surface area contributed by atoms with Crippen LogP contribution >= 0.6 is 12.0 Å². The second-order valence-electron chi connectivity index (χ2n) is 4.29. The zero-order valence-electron chi connectivity index (χ0n) is 10.7. The summed E-state index contributed by atoms with van der Waals surface area (Å²) in [5.74, 6) is 0.268. The van der Waals surface area contributed by atoms with E-state index in [-0.39, 0.29) is 28.3 Å². The highest BCUT2D eigenvalue weighted by Gasteiger charge is 2.21. The second-order valence-corrected chi connectivity index (χ2v) is 5.09. The Balaban J connectivity index is 2.94. The summed E-state index contributed by atoms with van der Waals surface area (Å²) in [6.45, 7) is 5.79. The molecule has 0 radical (unpaired) electrons. The Kier molecular flexibility index (Phi) is 5.25. The van der Waals surface area contributed by atoms with Crippen LogP contribution in [0.15, 0.2) is 23.1 Å². The molecule has 1 aromatic rings. The summed E-state index contributed by atoms with van der Waals surface area (Å²) in [5.41, 5.74) is -0.636. The molecule has 1 rings (SSSR count). The predicted molar refractivity (Wildman–Crippen MR) is 71.0 cm³/mol. The van der Waals surface area contributed by atoms with E-state index in [9.17, 15) is 20.2 Å². The average molecular weight is 286 g/mol. The zero-order valence-corrected chi connectivity index (χ0v) is 11.5. The van der Waals surface area contributed by atoms with Crippen LogP contribution in [0.4, 0.5) is 11.4 Å². The van der Waals surface area contributed by atoms with E-state index >= 15 is 0 Å². The minimum Gasteiger partial charge on any atom is -0.307 e. The van der Waals surface area contributed by atoms with Crippen LogP contribution in [-0.4, -0.2) is 16.0 Å². The smallest absolute Gasteiger partial charge is 0.292 e. The first-order valence-corrected chi connectivity index (χ1v) is 6.33. The predicted octanol–water partition coefficient (Wildman–Crippen LogP) is 3.57. The summed E-state index contributed by atoms with van der Waals surface area (Å²) in [6, 6.07) is 3.48. The van der Waals surface area contributed by atoms with E-state index in [1.165, 1.54) is 12.1 Å². The first-order chi connectivity index (χ1) is 8.82. The third-order valence-electron chi connectivity index (χ3n) is 2.58. The number of nitrogens with zero attached hydrogens (tertiary/aromatic N) is 2. The molecule has 0 saturated heterocycles. The molecule has 0 spiro atoms. The van der Waals surface area contributed by atoms with Crippen LogP contribution in [0.1, 0.15) is 20.8 Å². The molecule has 7 nitrogen and oxygen atoms in total. The fraction of sp³-hybridized carbons (Fsp3) is 0.455. The maximum Gasteiger partial charge on any atom is 0.292 e. The fourth-order valence-corrected chi connectivity index (χ4v) is 1.89. The SMILES string of the molecule is CC(C)[C@H](C)OSc1ccc([N+](=O)[O-])cc1[N+](=O)[O-]. The summed E-state index contributed by atoms with van der Waals surface area (Å²) < 4.78 is 5.42. The highest BCUT2D eigenvalue weighted by atomic mass is 32.2. The maximum atomic E-state index is 10.9. The van der Waals surface area contributed by atoms with Gasteiger partial charge in [-0.05, 0) is 18.9 Å². The summed E-state index contributed by atoms with van der Waals surface area (Å²) in [5, 5.41) is 21.5. The van der Waals surface area contributed by atoms with Gasteiger partial charge >= 0.3 is 0 Å². The van der Waals surface area contributed by atoms with Crippen LogP contribution in [0.3, 0.4) is 0 Å². The number of rotatable bonds is 6. The van der Waals surface area contributed by atoms with E-state index in [4.69, 9.17) is 4.18 Å². The van der Waals surface area contributed by atoms with E-state index < -0.39 is 9.85 Å². The first kappa shape index (κ1) is 15.4. The minimum atomic E-state index is -0.668. The molecule has 0 N–H and O–H groups in total. The standard InChI is InChI=1S/C11H14N2O5S/c1-7(2)8(3)18-19-11-5-4-9(12(14)15)6-10(11)13(16)17/h4-8H,1-3H3/t8-/m0/s1. The average Bonchev–Trinajstić information content (AvgIpc) is 2.35. The molecular weight excluding hydrogens is 272 g/mol. The van der Waals surface area contributed by atoms with E-state index in [1.807, 2.05) is 20.8 Å². The molecule has 8 heteroatoms. The van der Waals surface area contributed by atoms with Gasteiger partial charge in [-0.2, -0.15) is 0 Å². The van der Waals surface area contributed by atoms with Crippen molar-refractivity contribution in [3.05, 3.63) is 38.4 Å². The van der Waals surface area contributed by atoms with E-state index in [0.29, 0.717) is 0 Å². The highest BCUT2D eigenvalue weighted by molar-refractivity contribution is 7.94. The number of benzene rings is 1. The molecule has 0 aliphatic heterocycles. The van der Waals surface area contributed by atoms with E-state index in [0.717, 1.165) is 18.1 Å². The van der Waals surface area contributed by atoms with Gasteiger partial charge in [0, 0.05) is 18.1 Å². The van der Waals surface area contributed by atoms with Crippen molar-refractivity contribution in [2.24, 2.45) is 5.92 Å².